The summed E-state index contributed by atoms with van der Waals surface area (Å²) < 4.78 is 10.9. The molecule has 2 heterocycles. The molecule has 166 valence electrons. The van der Waals surface area contributed by atoms with Crippen molar-refractivity contribution >= 4 is 17.8 Å². The van der Waals surface area contributed by atoms with Crippen LogP contribution in [0, 0.1) is 5.92 Å². The normalized spacial score (nSPS) is 18.4. The van der Waals surface area contributed by atoms with E-state index in [1.807, 2.05) is 23.1 Å². The molecular weight excluding hydrogens is 402 g/mol. The number of urea groups is 1. The number of carbonyl (C=O) groups is 1. The molecule has 1 aromatic heterocycles. The number of hydrogen-bond donors (Lipinski definition) is 1. The van der Waals surface area contributed by atoms with Gasteiger partial charge in [0, 0.05) is 19.5 Å². The fraction of sp³-hybridized carbons (Fsp3) is 0.308. The Morgan fingerprint density at radius 2 is 2.12 bits per heavy atom. The third-order valence-electron chi connectivity index (χ3n) is 5.68. The maximum absolute atomic E-state index is 12.5. The van der Waals surface area contributed by atoms with Gasteiger partial charge in [0.1, 0.15) is 17.7 Å². The topological polar surface area (TPSA) is 67.6 Å². The fourth-order valence-electron chi connectivity index (χ4n) is 4.03. The van der Waals surface area contributed by atoms with Crippen LogP contribution < -0.4 is 10.1 Å². The van der Waals surface area contributed by atoms with Crippen LogP contribution in [0.2, 0.25) is 0 Å². The van der Waals surface area contributed by atoms with E-state index in [9.17, 15) is 4.79 Å². The molecular formula is C26H29N3O3. The van der Waals surface area contributed by atoms with Crippen LogP contribution in [-0.2, 0) is 6.42 Å². The van der Waals surface area contributed by atoms with E-state index in [2.05, 4.69) is 66.8 Å². The van der Waals surface area contributed by atoms with E-state index in [1.54, 1.807) is 0 Å². The summed E-state index contributed by atoms with van der Waals surface area (Å²) in [5.74, 6) is 1.15. The zero-order chi connectivity index (χ0) is 22.3. The van der Waals surface area contributed by atoms with Gasteiger partial charge in [-0.1, -0.05) is 66.2 Å². The molecule has 32 heavy (non-hydrogen) atoms. The number of hydrogen-bond acceptors (Lipinski definition) is 4. The highest BCUT2D eigenvalue weighted by Crippen LogP contribution is 2.27. The maximum Gasteiger partial charge on any atom is 0.322 e. The predicted molar refractivity (Wildman–Crippen MR) is 126 cm³/mol. The quantitative estimate of drug-likeness (QED) is 0.548. The summed E-state index contributed by atoms with van der Waals surface area (Å²) >= 11 is 0. The molecule has 2 aromatic carbocycles. The Morgan fingerprint density at radius 1 is 1.28 bits per heavy atom. The lowest BCUT2D eigenvalue weighted by Gasteiger charge is -2.33. The van der Waals surface area contributed by atoms with Crippen LogP contribution in [0.3, 0.4) is 0 Å². The van der Waals surface area contributed by atoms with Crippen LogP contribution in [0.15, 0.2) is 77.2 Å². The van der Waals surface area contributed by atoms with Gasteiger partial charge in [-0.15, -0.1) is 0 Å². The van der Waals surface area contributed by atoms with Crippen molar-refractivity contribution in [1.29, 1.82) is 0 Å². The number of nitrogens with zero attached hydrogens (tertiary/aromatic N) is 2. The summed E-state index contributed by atoms with van der Waals surface area (Å²) in [6.45, 7) is 5.61. The number of likely N-dealkylation sites (tertiary alicyclic amines) is 1. The molecule has 0 bridgehead atoms. The monoisotopic (exact) mass is 431 g/mol. The smallest absolute Gasteiger partial charge is 0.322 e. The molecule has 0 spiro atoms. The standard InChI is InChI=1S/C26H29N3O3/c1-19-17-29(26(30)28-24-16-27-31-18-24)12-11-23(19)14-22-9-6-10-25(15-22)32-20(2)13-21-7-4-3-5-8-21/h3-10,14-16,18-20H,11-13,17H2,1-2H3,(H,28,30)/b23-14+. The number of rotatable bonds is 6. The number of carbonyl (C=O) groups excluding carboxylic acids is 1. The molecule has 1 aliphatic heterocycles. The first-order chi connectivity index (χ1) is 15.6. The van der Waals surface area contributed by atoms with Gasteiger partial charge in [0.2, 0.25) is 0 Å². The van der Waals surface area contributed by atoms with Crippen molar-refractivity contribution < 1.29 is 14.1 Å². The van der Waals surface area contributed by atoms with E-state index < -0.39 is 0 Å². The van der Waals surface area contributed by atoms with Gasteiger partial charge in [-0.25, -0.2) is 4.79 Å². The van der Waals surface area contributed by atoms with E-state index in [4.69, 9.17) is 9.26 Å². The second kappa shape index (κ2) is 10.2. The Kier molecular flexibility index (Phi) is 6.90. The van der Waals surface area contributed by atoms with Gasteiger partial charge < -0.3 is 19.5 Å². The number of anilines is 1. The van der Waals surface area contributed by atoms with E-state index in [1.165, 1.54) is 23.6 Å². The van der Waals surface area contributed by atoms with E-state index in [-0.39, 0.29) is 18.1 Å². The largest absolute Gasteiger partial charge is 0.490 e. The first-order valence-corrected chi connectivity index (χ1v) is 11.0. The van der Waals surface area contributed by atoms with Crippen molar-refractivity contribution in [3.8, 4) is 5.75 Å². The summed E-state index contributed by atoms with van der Waals surface area (Å²) in [6.07, 6.45) is 6.95. The second-order valence-electron chi connectivity index (χ2n) is 8.35. The van der Waals surface area contributed by atoms with Crippen molar-refractivity contribution in [2.75, 3.05) is 18.4 Å². The van der Waals surface area contributed by atoms with Crippen molar-refractivity contribution in [1.82, 2.24) is 10.1 Å². The average molecular weight is 432 g/mol. The summed E-state index contributed by atoms with van der Waals surface area (Å²) in [6, 6.07) is 18.5. The Morgan fingerprint density at radius 3 is 2.88 bits per heavy atom. The molecule has 1 fully saturated rings. The zero-order valence-electron chi connectivity index (χ0n) is 18.5. The fourth-order valence-corrected chi connectivity index (χ4v) is 4.03. The minimum Gasteiger partial charge on any atom is -0.490 e. The Bertz CT molecular complexity index is 1050. The highest BCUT2D eigenvalue weighted by atomic mass is 16.5. The number of ether oxygens (including phenoxy) is 1. The number of piperidine rings is 1. The minimum absolute atomic E-state index is 0.0893. The molecule has 2 amide bonds. The molecule has 0 saturated carbocycles. The molecule has 2 atom stereocenters. The highest BCUT2D eigenvalue weighted by Gasteiger charge is 2.24. The molecule has 6 nitrogen and oxygen atoms in total. The van der Waals surface area contributed by atoms with Crippen molar-refractivity contribution in [3.63, 3.8) is 0 Å². The molecule has 4 rings (SSSR count). The van der Waals surface area contributed by atoms with Crippen LogP contribution in [0.5, 0.6) is 5.75 Å². The molecule has 0 aliphatic carbocycles. The lowest BCUT2D eigenvalue weighted by molar-refractivity contribution is 0.198. The number of aromatic nitrogens is 1. The molecule has 3 aromatic rings. The lowest BCUT2D eigenvalue weighted by atomic mass is 9.91. The van der Waals surface area contributed by atoms with E-state index in [0.717, 1.165) is 24.2 Å². The first-order valence-electron chi connectivity index (χ1n) is 11.0. The molecule has 1 aliphatic rings. The van der Waals surface area contributed by atoms with Gasteiger partial charge in [-0.2, -0.15) is 0 Å². The van der Waals surface area contributed by atoms with Gasteiger partial charge >= 0.3 is 6.03 Å². The lowest BCUT2D eigenvalue weighted by Crippen LogP contribution is -2.42. The zero-order valence-corrected chi connectivity index (χ0v) is 18.5. The first kappa shape index (κ1) is 21.7. The molecule has 1 saturated heterocycles. The van der Waals surface area contributed by atoms with Gasteiger partial charge in [0.05, 0.1) is 12.3 Å². The SMILES string of the molecule is CC(Cc1ccccc1)Oc1cccc(/C=C2\CCN(C(=O)Nc3cnoc3)CC2C)c1. The van der Waals surface area contributed by atoms with Crippen molar-refractivity contribution in [2.24, 2.45) is 5.92 Å². The van der Waals surface area contributed by atoms with Gasteiger partial charge in [-0.3, -0.25) is 0 Å². The highest BCUT2D eigenvalue weighted by molar-refractivity contribution is 5.89. The summed E-state index contributed by atoms with van der Waals surface area (Å²) in [5, 5.41) is 6.43. The van der Waals surface area contributed by atoms with Crippen molar-refractivity contribution in [2.45, 2.75) is 32.8 Å². The third kappa shape index (κ3) is 5.78. The molecule has 0 radical (unpaired) electrons. The number of nitrogens with one attached hydrogen (secondary N) is 1. The van der Waals surface area contributed by atoms with Crippen LogP contribution in [0.25, 0.3) is 6.08 Å². The molecule has 6 heteroatoms. The van der Waals surface area contributed by atoms with Gasteiger partial charge in [0.25, 0.3) is 0 Å². The van der Waals surface area contributed by atoms with Gasteiger partial charge in [-0.05, 0) is 42.5 Å². The second-order valence-corrected chi connectivity index (χ2v) is 8.35. The number of amides is 2. The molecule has 2 unspecified atom stereocenters. The Hall–Kier alpha value is -3.54. The maximum atomic E-state index is 12.5. The summed E-state index contributed by atoms with van der Waals surface area (Å²) in [7, 11) is 0. The average Bonchev–Trinajstić information content (AvgIpc) is 3.29. The number of benzene rings is 2. The van der Waals surface area contributed by atoms with Gasteiger partial charge in [0.15, 0.2) is 0 Å². The molecule has 1 N–H and O–H groups in total. The summed E-state index contributed by atoms with van der Waals surface area (Å²) in [5.41, 5.74) is 4.31. The predicted octanol–water partition coefficient (Wildman–Crippen LogP) is 5.64. The Balaban J connectivity index is 1.35. The van der Waals surface area contributed by atoms with Crippen LogP contribution in [0.1, 0.15) is 31.4 Å². The van der Waals surface area contributed by atoms with Crippen LogP contribution in [-0.4, -0.2) is 35.3 Å². The van der Waals surface area contributed by atoms with Crippen LogP contribution in [0.4, 0.5) is 10.5 Å². The van der Waals surface area contributed by atoms with E-state index in [0.29, 0.717) is 18.8 Å². The van der Waals surface area contributed by atoms with Crippen molar-refractivity contribution in [3.05, 3.63) is 83.8 Å². The summed E-state index contributed by atoms with van der Waals surface area (Å²) in [4.78, 5) is 14.3. The van der Waals surface area contributed by atoms with E-state index >= 15 is 0 Å². The van der Waals surface area contributed by atoms with Crippen LogP contribution >= 0.6 is 0 Å². The third-order valence-corrected chi connectivity index (χ3v) is 5.68. The Labute approximate surface area is 188 Å². The minimum atomic E-state index is -0.123.